The summed E-state index contributed by atoms with van der Waals surface area (Å²) < 4.78 is 1.51. The van der Waals surface area contributed by atoms with Gasteiger partial charge in [-0.1, -0.05) is 11.6 Å². The summed E-state index contributed by atoms with van der Waals surface area (Å²) in [5.41, 5.74) is -0.272. The fraction of sp³-hybridized carbons (Fsp3) is 0.444. The fourth-order valence-corrected chi connectivity index (χ4v) is 1.25. The highest BCUT2D eigenvalue weighted by molar-refractivity contribution is 6.29. The number of rotatable bonds is 4. The Bertz CT molecular complexity index is 394. The topological polar surface area (TPSA) is 58.7 Å². The van der Waals surface area contributed by atoms with E-state index in [1.807, 2.05) is 0 Å². The van der Waals surface area contributed by atoms with Gasteiger partial charge in [0.25, 0.3) is 5.56 Å². The lowest BCUT2D eigenvalue weighted by molar-refractivity contribution is 0.596. The molecule has 0 amide bonds. The molecule has 4 nitrogen and oxygen atoms in total. The van der Waals surface area contributed by atoms with Crippen LogP contribution in [0.4, 0.5) is 0 Å². The molecule has 1 aromatic rings. The molecule has 14 heavy (non-hydrogen) atoms. The quantitative estimate of drug-likeness (QED) is 0.711. The smallest absolute Gasteiger partial charge is 0.288 e. The molecule has 74 valence electrons. The summed E-state index contributed by atoms with van der Waals surface area (Å²) in [5.74, 6) is 0. The first-order valence-electron chi connectivity index (χ1n) is 4.33. The molecule has 0 aliphatic carbocycles. The van der Waals surface area contributed by atoms with E-state index in [4.69, 9.17) is 16.9 Å². The molecular weight excluding hydrogens is 202 g/mol. The highest BCUT2D eigenvalue weighted by Gasteiger charge is 2.00. The van der Waals surface area contributed by atoms with Crippen molar-refractivity contribution in [1.29, 1.82) is 5.26 Å². The van der Waals surface area contributed by atoms with Crippen molar-refractivity contribution in [2.45, 2.75) is 25.8 Å². The summed E-state index contributed by atoms with van der Waals surface area (Å²) in [5, 5.41) is 8.31. The third kappa shape index (κ3) is 2.86. The molecule has 0 aliphatic heterocycles. The van der Waals surface area contributed by atoms with E-state index in [0.717, 1.165) is 12.8 Å². The summed E-state index contributed by atoms with van der Waals surface area (Å²) in [6.45, 7) is 0.586. The predicted octanol–water partition coefficient (Wildman–Crippen LogP) is 1.59. The van der Waals surface area contributed by atoms with Gasteiger partial charge in [-0.05, 0) is 12.8 Å². The van der Waals surface area contributed by atoms with Gasteiger partial charge >= 0.3 is 0 Å². The number of aryl methyl sites for hydroxylation is 1. The minimum Gasteiger partial charge on any atom is -0.311 e. The first-order valence-corrected chi connectivity index (χ1v) is 4.71. The zero-order valence-corrected chi connectivity index (χ0v) is 8.37. The van der Waals surface area contributed by atoms with E-state index in [9.17, 15) is 4.79 Å². The minimum absolute atomic E-state index is 0.00668. The molecule has 0 saturated carbocycles. The van der Waals surface area contributed by atoms with Crippen molar-refractivity contribution in [3.05, 3.63) is 27.9 Å². The van der Waals surface area contributed by atoms with E-state index < -0.39 is 0 Å². The maximum atomic E-state index is 11.3. The molecule has 5 heteroatoms. The number of hydrogen-bond donors (Lipinski definition) is 0. The third-order valence-electron chi connectivity index (χ3n) is 1.81. The van der Waals surface area contributed by atoms with Crippen LogP contribution in [0.5, 0.6) is 0 Å². The molecular formula is C9H10ClN3O. The van der Waals surface area contributed by atoms with E-state index in [0.29, 0.717) is 13.0 Å². The second kappa shape index (κ2) is 5.40. The summed E-state index contributed by atoms with van der Waals surface area (Å²) in [6.07, 6.45) is 5.21. The molecule has 0 aliphatic rings. The van der Waals surface area contributed by atoms with Crippen LogP contribution in [0.25, 0.3) is 0 Å². The second-order valence-corrected chi connectivity index (χ2v) is 3.19. The molecule has 0 saturated heterocycles. The van der Waals surface area contributed by atoms with Gasteiger partial charge in [-0.15, -0.1) is 0 Å². The molecule has 0 bridgehead atoms. The summed E-state index contributed by atoms with van der Waals surface area (Å²) in [7, 11) is 0. The van der Waals surface area contributed by atoms with Gasteiger partial charge in [-0.3, -0.25) is 4.79 Å². The Morgan fingerprint density at radius 1 is 1.57 bits per heavy atom. The number of hydrogen-bond acceptors (Lipinski definition) is 3. The van der Waals surface area contributed by atoms with Crippen molar-refractivity contribution in [3.63, 3.8) is 0 Å². The van der Waals surface area contributed by atoms with Crippen LogP contribution in [0.15, 0.2) is 17.2 Å². The molecule has 0 atom stereocenters. The van der Waals surface area contributed by atoms with E-state index >= 15 is 0 Å². The van der Waals surface area contributed by atoms with Crippen LogP contribution in [0.2, 0.25) is 5.15 Å². The number of unbranched alkanes of at least 4 members (excludes halogenated alkanes) is 2. The van der Waals surface area contributed by atoms with Gasteiger partial charge in [0.15, 0.2) is 5.15 Å². The Balaban J connectivity index is 2.56. The molecule has 0 unspecified atom stereocenters. The van der Waals surface area contributed by atoms with E-state index in [-0.39, 0.29) is 10.7 Å². The maximum absolute atomic E-state index is 11.3. The molecule has 1 aromatic heterocycles. The van der Waals surface area contributed by atoms with Crippen molar-refractivity contribution in [1.82, 2.24) is 9.55 Å². The standard InChI is InChI=1S/C9H10ClN3O/c10-8-9(14)13(7-5-12-8)6-3-1-2-4-11/h5,7H,1-3,6H2. The van der Waals surface area contributed by atoms with E-state index in [1.165, 1.54) is 10.8 Å². The Morgan fingerprint density at radius 2 is 2.36 bits per heavy atom. The molecule has 0 spiro atoms. The lowest BCUT2D eigenvalue weighted by Gasteiger charge is -2.03. The van der Waals surface area contributed by atoms with Crippen molar-refractivity contribution >= 4 is 11.6 Å². The molecule has 0 N–H and O–H groups in total. The van der Waals surface area contributed by atoms with Gasteiger partial charge in [-0.25, -0.2) is 4.98 Å². The molecule has 0 radical (unpaired) electrons. The summed E-state index contributed by atoms with van der Waals surface area (Å²) >= 11 is 5.56. The van der Waals surface area contributed by atoms with Crippen molar-refractivity contribution in [2.24, 2.45) is 0 Å². The van der Waals surface area contributed by atoms with E-state index in [1.54, 1.807) is 6.20 Å². The first kappa shape index (κ1) is 10.7. The van der Waals surface area contributed by atoms with Crippen LogP contribution in [-0.4, -0.2) is 9.55 Å². The molecule has 0 fully saturated rings. The second-order valence-electron chi connectivity index (χ2n) is 2.83. The largest absolute Gasteiger partial charge is 0.311 e. The maximum Gasteiger partial charge on any atom is 0.288 e. The third-order valence-corrected chi connectivity index (χ3v) is 2.07. The Kier molecular flexibility index (Phi) is 4.14. The normalized spacial score (nSPS) is 9.71. The monoisotopic (exact) mass is 211 g/mol. The van der Waals surface area contributed by atoms with Crippen LogP contribution in [-0.2, 0) is 6.54 Å². The van der Waals surface area contributed by atoms with Crippen LogP contribution in [0, 0.1) is 11.3 Å². The van der Waals surface area contributed by atoms with Gasteiger partial charge < -0.3 is 4.57 Å². The van der Waals surface area contributed by atoms with E-state index in [2.05, 4.69) is 11.1 Å². The van der Waals surface area contributed by atoms with Gasteiger partial charge in [0, 0.05) is 25.4 Å². The molecule has 0 aromatic carbocycles. The number of nitrogens with zero attached hydrogens (tertiary/aromatic N) is 3. The lowest BCUT2D eigenvalue weighted by Crippen LogP contribution is -2.20. The van der Waals surface area contributed by atoms with Crippen molar-refractivity contribution < 1.29 is 0 Å². The van der Waals surface area contributed by atoms with Crippen LogP contribution in [0.1, 0.15) is 19.3 Å². The predicted molar refractivity (Wildman–Crippen MR) is 53.0 cm³/mol. The zero-order valence-electron chi connectivity index (χ0n) is 7.61. The average molecular weight is 212 g/mol. The van der Waals surface area contributed by atoms with Crippen LogP contribution in [0.3, 0.4) is 0 Å². The Labute approximate surface area is 86.8 Å². The van der Waals surface area contributed by atoms with Crippen LogP contribution < -0.4 is 5.56 Å². The minimum atomic E-state index is -0.272. The van der Waals surface area contributed by atoms with Gasteiger partial charge in [0.05, 0.1) is 6.07 Å². The van der Waals surface area contributed by atoms with Gasteiger partial charge in [0.2, 0.25) is 0 Å². The zero-order chi connectivity index (χ0) is 10.4. The number of halogens is 1. The highest BCUT2D eigenvalue weighted by atomic mass is 35.5. The lowest BCUT2D eigenvalue weighted by atomic mass is 10.2. The Morgan fingerprint density at radius 3 is 3.07 bits per heavy atom. The summed E-state index contributed by atoms with van der Waals surface area (Å²) in [4.78, 5) is 15.0. The van der Waals surface area contributed by atoms with Crippen molar-refractivity contribution in [3.8, 4) is 6.07 Å². The number of nitriles is 1. The first-order chi connectivity index (χ1) is 6.75. The SMILES string of the molecule is N#CCCCCn1ccnc(Cl)c1=O. The molecule has 1 heterocycles. The average Bonchev–Trinajstić information content (AvgIpc) is 2.19. The summed E-state index contributed by atoms with van der Waals surface area (Å²) in [6, 6.07) is 2.05. The van der Waals surface area contributed by atoms with Gasteiger partial charge in [0.1, 0.15) is 0 Å². The van der Waals surface area contributed by atoms with Gasteiger partial charge in [-0.2, -0.15) is 5.26 Å². The molecule has 1 rings (SSSR count). The highest BCUT2D eigenvalue weighted by Crippen LogP contribution is 1.98. The van der Waals surface area contributed by atoms with Crippen LogP contribution >= 0.6 is 11.6 Å². The fourth-order valence-electron chi connectivity index (χ4n) is 1.08. The van der Waals surface area contributed by atoms with Crippen molar-refractivity contribution in [2.75, 3.05) is 0 Å². The Hall–Kier alpha value is -1.34. The number of aromatic nitrogens is 2.